The third kappa shape index (κ3) is 3.42. The van der Waals surface area contributed by atoms with E-state index in [1.807, 2.05) is 0 Å². The number of aliphatic hydroxyl groups excluding tert-OH is 2. The van der Waals surface area contributed by atoms with Gasteiger partial charge in [0.25, 0.3) is 0 Å². The summed E-state index contributed by atoms with van der Waals surface area (Å²) in [6, 6.07) is 4.51. The number of benzene rings is 1. The maximum Gasteiger partial charge on any atom is 0.226 e. The molecule has 2 atom stereocenters. The van der Waals surface area contributed by atoms with E-state index in [0.29, 0.717) is 17.0 Å². The van der Waals surface area contributed by atoms with Crippen LogP contribution in [-0.2, 0) is 4.79 Å². The number of amides is 1. The van der Waals surface area contributed by atoms with Crippen molar-refractivity contribution in [2.45, 2.75) is 19.3 Å². The van der Waals surface area contributed by atoms with Gasteiger partial charge in [0.05, 0.1) is 13.2 Å². The molecular weight excluding hydrogens is 309 g/mol. The van der Waals surface area contributed by atoms with Crippen LogP contribution in [0.5, 0.6) is 0 Å². The zero-order valence-corrected chi connectivity index (χ0v) is 13.5. The average Bonchev–Trinajstić information content (AvgIpc) is 3.26. The Labute approximate surface area is 134 Å². The van der Waals surface area contributed by atoms with Crippen molar-refractivity contribution >= 4 is 17.5 Å². The highest BCUT2D eigenvalue weighted by Gasteiger charge is 2.47. The Balaban J connectivity index is 2.04. The molecule has 1 amide bonds. The van der Waals surface area contributed by atoms with E-state index in [0.717, 1.165) is 0 Å². The first-order chi connectivity index (χ1) is 10.3. The highest BCUT2D eigenvalue weighted by atomic mass is 35.5. The van der Waals surface area contributed by atoms with Crippen molar-refractivity contribution in [1.82, 2.24) is 4.90 Å². The van der Waals surface area contributed by atoms with Crippen molar-refractivity contribution in [2.75, 3.05) is 26.8 Å². The summed E-state index contributed by atoms with van der Waals surface area (Å²) < 4.78 is 13.9. The third-order valence-corrected chi connectivity index (χ3v) is 4.57. The Morgan fingerprint density at radius 1 is 1.45 bits per heavy atom. The SMILES string of the molecule is CN(CC(C)(CO)CO)C(=O)[C@@H]1C[C@H]1c1c(F)cccc1Cl. The Kier molecular flexibility index (Phi) is 5.10. The molecule has 0 unspecified atom stereocenters. The highest BCUT2D eigenvalue weighted by Crippen LogP contribution is 2.51. The van der Waals surface area contributed by atoms with Gasteiger partial charge in [-0.15, -0.1) is 0 Å². The van der Waals surface area contributed by atoms with Crippen LogP contribution in [0.3, 0.4) is 0 Å². The number of carbonyl (C=O) groups excluding carboxylic acids is 1. The Morgan fingerprint density at radius 2 is 2.09 bits per heavy atom. The van der Waals surface area contributed by atoms with E-state index >= 15 is 0 Å². The van der Waals surface area contributed by atoms with E-state index in [1.54, 1.807) is 26.1 Å². The lowest BCUT2D eigenvalue weighted by Crippen LogP contribution is -2.42. The molecule has 0 heterocycles. The molecule has 6 heteroatoms. The second-order valence-corrected chi connectivity index (χ2v) is 6.81. The van der Waals surface area contributed by atoms with Gasteiger partial charge < -0.3 is 15.1 Å². The lowest BCUT2D eigenvalue weighted by atomic mass is 9.92. The predicted octanol–water partition coefficient (Wildman–Crippen LogP) is 2.03. The first kappa shape index (κ1) is 17.2. The molecule has 1 aromatic rings. The lowest BCUT2D eigenvalue weighted by molar-refractivity contribution is -0.133. The van der Waals surface area contributed by atoms with E-state index in [1.165, 1.54) is 11.0 Å². The molecule has 2 N–H and O–H groups in total. The quantitative estimate of drug-likeness (QED) is 0.839. The van der Waals surface area contributed by atoms with Gasteiger partial charge in [-0.25, -0.2) is 4.39 Å². The molecule has 0 spiro atoms. The van der Waals surface area contributed by atoms with Crippen LogP contribution < -0.4 is 0 Å². The van der Waals surface area contributed by atoms with Crippen molar-refractivity contribution in [3.05, 3.63) is 34.6 Å². The summed E-state index contributed by atoms with van der Waals surface area (Å²) in [7, 11) is 1.63. The van der Waals surface area contributed by atoms with Crippen molar-refractivity contribution in [3.8, 4) is 0 Å². The van der Waals surface area contributed by atoms with Crippen molar-refractivity contribution in [1.29, 1.82) is 0 Å². The molecule has 0 saturated heterocycles. The van der Waals surface area contributed by atoms with Crippen LogP contribution in [0.2, 0.25) is 5.02 Å². The summed E-state index contributed by atoms with van der Waals surface area (Å²) in [5.41, 5.74) is -0.340. The smallest absolute Gasteiger partial charge is 0.226 e. The Hall–Kier alpha value is -1.17. The molecule has 1 saturated carbocycles. The fourth-order valence-electron chi connectivity index (χ4n) is 2.74. The largest absolute Gasteiger partial charge is 0.396 e. The average molecular weight is 330 g/mol. The first-order valence-electron chi connectivity index (χ1n) is 7.23. The summed E-state index contributed by atoms with van der Waals surface area (Å²) in [5.74, 6) is -0.984. The van der Waals surface area contributed by atoms with Crippen LogP contribution in [0.1, 0.15) is 24.8 Å². The van der Waals surface area contributed by atoms with Crippen LogP contribution in [0.25, 0.3) is 0 Å². The van der Waals surface area contributed by atoms with Gasteiger partial charge in [0, 0.05) is 41.4 Å². The highest BCUT2D eigenvalue weighted by molar-refractivity contribution is 6.31. The van der Waals surface area contributed by atoms with Crippen molar-refractivity contribution < 1.29 is 19.4 Å². The Morgan fingerprint density at radius 3 is 2.64 bits per heavy atom. The van der Waals surface area contributed by atoms with E-state index in [9.17, 15) is 19.4 Å². The molecule has 22 heavy (non-hydrogen) atoms. The zero-order valence-electron chi connectivity index (χ0n) is 12.7. The normalized spacial score (nSPS) is 20.8. The van der Waals surface area contributed by atoms with Gasteiger partial charge in [-0.3, -0.25) is 4.79 Å². The number of hydrogen-bond acceptors (Lipinski definition) is 3. The van der Waals surface area contributed by atoms with Gasteiger partial charge in [0.1, 0.15) is 5.82 Å². The van der Waals surface area contributed by atoms with E-state index in [2.05, 4.69) is 0 Å². The summed E-state index contributed by atoms with van der Waals surface area (Å²) in [4.78, 5) is 13.9. The van der Waals surface area contributed by atoms with Crippen molar-refractivity contribution in [2.24, 2.45) is 11.3 Å². The van der Waals surface area contributed by atoms with Gasteiger partial charge in [-0.05, 0) is 18.6 Å². The molecule has 2 rings (SSSR count). The molecule has 0 bridgehead atoms. The number of nitrogens with zero attached hydrogens (tertiary/aromatic N) is 1. The standard InChI is InChI=1S/C16H21ClFNO3/c1-16(8-20,9-21)7-19(2)15(22)11-6-10(11)14-12(17)4-3-5-13(14)18/h3-5,10-11,20-21H,6-9H2,1-2H3/t10-,11-/m1/s1. The van der Waals surface area contributed by atoms with Gasteiger partial charge >= 0.3 is 0 Å². The fraction of sp³-hybridized carbons (Fsp3) is 0.562. The minimum atomic E-state index is -0.746. The second kappa shape index (κ2) is 6.52. The molecular formula is C16H21ClFNO3. The van der Waals surface area contributed by atoms with Gasteiger partial charge in [0.2, 0.25) is 5.91 Å². The number of hydrogen-bond donors (Lipinski definition) is 2. The first-order valence-corrected chi connectivity index (χ1v) is 7.61. The van der Waals surface area contributed by atoms with Crippen molar-refractivity contribution in [3.63, 3.8) is 0 Å². The second-order valence-electron chi connectivity index (χ2n) is 6.41. The summed E-state index contributed by atoms with van der Waals surface area (Å²) in [5, 5.41) is 19.0. The molecule has 0 radical (unpaired) electrons. The Bertz CT molecular complexity index is 542. The van der Waals surface area contributed by atoms with E-state index in [4.69, 9.17) is 11.6 Å². The van der Waals surface area contributed by atoms with Crippen LogP contribution >= 0.6 is 11.6 Å². The molecule has 1 aliphatic rings. The number of aliphatic hydroxyl groups is 2. The predicted molar refractivity (Wildman–Crippen MR) is 82.2 cm³/mol. The maximum atomic E-state index is 13.9. The number of rotatable bonds is 6. The maximum absolute atomic E-state index is 13.9. The van der Waals surface area contributed by atoms with Crippen LogP contribution in [-0.4, -0.2) is 47.8 Å². The van der Waals surface area contributed by atoms with Crippen LogP contribution in [0, 0.1) is 17.2 Å². The monoisotopic (exact) mass is 329 g/mol. The van der Waals surface area contributed by atoms with E-state index in [-0.39, 0.29) is 43.3 Å². The minimum Gasteiger partial charge on any atom is -0.396 e. The van der Waals surface area contributed by atoms with E-state index < -0.39 is 5.41 Å². The molecule has 1 aliphatic carbocycles. The summed E-state index contributed by atoms with van der Waals surface area (Å²) in [6.07, 6.45) is 0.568. The van der Waals surface area contributed by atoms with Crippen LogP contribution in [0.15, 0.2) is 18.2 Å². The fourth-order valence-corrected chi connectivity index (χ4v) is 3.04. The summed E-state index contributed by atoms with van der Waals surface area (Å²) >= 11 is 6.03. The zero-order chi connectivity index (χ0) is 16.5. The minimum absolute atomic E-state index is 0.113. The molecule has 1 fully saturated rings. The molecule has 1 aromatic carbocycles. The van der Waals surface area contributed by atoms with Crippen LogP contribution in [0.4, 0.5) is 4.39 Å². The van der Waals surface area contributed by atoms with Gasteiger partial charge in [-0.1, -0.05) is 24.6 Å². The summed E-state index contributed by atoms with van der Waals surface area (Å²) in [6.45, 7) is 1.52. The third-order valence-electron chi connectivity index (χ3n) is 4.24. The number of halogens is 2. The molecule has 0 aliphatic heterocycles. The molecule has 122 valence electrons. The van der Waals surface area contributed by atoms with Gasteiger partial charge in [0.15, 0.2) is 0 Å². The molecule has 0 aromatic heterocycles. The van der Waals surface area contributed by atoms with Gasteiger partial charge in [-0.2, -0.15) is 0 Å². The topological polar surface area (TPSA) is 60.8 Å². The molecule has 4 nitrogen and oxygen atoms in total. The lowest BCUT2D eigenvalue weighted by Gasteiger charge is -2.30. The number of carbonyl (C=O) groups is 1.